The number of rotatable bonds is 3. The molecule has 0 aromatic heterocycles. The Balaban J connectivity index is 2.37. The predicted molar refractivity (Wildman–Crippen MR) is 69.9 cm³/mol. The van der Waals surface area contributed by atoms with Crippen molar-refractivity contribution in [3.8, 4) is 0 Å². The van der Waals surface area contributed by atoms with Crippen molar-refractivity contribution >= 4 is 11.8 Å². The molecule has 2 N–H and O–H groups in total. The Labute approximate surface area is 117 Å². The van der Waals surface area contributed by atoms with Crippen molar-refractivity contribution in [3.63, 3.8) is 0 Å². The zero-order chi connectivity index (χ0) is 14.8. The molecule has 0 aliphatic rings. The molecule has 20 heavy (non-hydrogen) atoms. The maximum Gasteiger partial charge on any atom is 0.416 e. The Morgan fingerprint density at radius 2 is 1.75 bits per heavy atom. The third kappa shape index (κ3) is 3.32. The first-order valence-electron chi connectivity index (χ1n) is 5.74. The Kier molecular flexibility index (Phi) is 4.35. The Bertz CT molecular complexity index is 610. The van der Waals surface area contributed by atoms with Crippen molar-refractivity contribution in [2.75, 3.05) is 0 Å². The first-order chi connectivity index (χ1) is 9.41. The van der Waals surface area contributed by atoms with Crippen LogP contribution in [0.5, 0.6) is 0 Å². The highest BCUT2D eigenvalue weighted by Gasteiger charge is 2.33. The first-order valence-corrected chi connectivity index (χ1v) is 6.56. The quantitative estimate of drug-likeness (QED) is 0.847. The number of benzene rings is 2. The van der Waals surface area contributed by atoms with Crippen molar-refractivity contribution in [2.24, 2.45) is 5.73 Å². The van der Waals surface area contributed by atoms with Crippen molar-refractivity contribution in [2.45, 2.75) is 22.5 Å². The molecular weight excluding hydrogens is 290 g/mol. The summed E-state index contributed by atoms with van der Waals surface area (Å²) in [5.74, 6) is -0.464. The van der Waals surface area contributed by atoms with E-state index in [1.807, 2.05) is 0 Å². The fourth-order valence-electron chi connectivity index (χ4n) is 1.72. The summed E-state index contributed by atoms with van der Waals surface area (Å²) < 4.78 is 52.2. The van der Waals surface area contributed by atoms with Gasteiger partial charge in [-0.2, -0.15) is 13.2 Å². The number of halogens is 4. The molecule has 6 heteroatoms. The fourth-order valence-corrected chi connectivity index (χ4v) is 2.59. The molecule has 106 valence electrons. The SMILES string of the molecule is NCc1ccc(Sc2ccccc2F)cc1C(F)(F)F. The van der Waals surface area contributed by atoms with Gasteiger partial charge in [0.2, 0.25) is 0 Å². The average molecular weight is 301 g/mol. The molecule has 0 heterocycles. The van der Waals surface area contributed by atoms with Crippen molar-refractivity contribution < 1.29 is 17.6 Å². The van der Waals surface area contributed by atoms with E-state index < -0.39 is 17.6 Å². The van der Waals surface area contributed by atoms with E-state index in [0.717, 1.165) is 17.8 Å². The molecule has 0 spiro atoms. The van der Waals surface area contributed by atoms with E-state index in [1.54, 1.807) is 6.07 Å². The van der Waals surface area contributed by atoms with Crippen molar-refractivity contribution in [3.05, 3.63) is 59.4 Å². The Morgan fingerprint density at radius 1 is 1.05 bits per heavy atom. The summed E-state index contributed by atoms with van der Waals surface area (Å²) in [6, 6.07) is 9.77. The lowest BCUT2D eigenvalue weighted by Crippen LogP contribution is -2.11. The topological polar surface area (TPSA) is 26.0 Å². The summed E-state index contributed by atoms with van der Waals surface area (Å²) in [6.07, 6.45) is -4.47. The first kappa shape index (κ1) is 14.9. The van der Waals surface area contributed by atoms with Crippen LogP contribution in [0.15, 0.2) is 52.3 Å². The number of nitrogens with two attached hydrogens (primary N) is 1. The summed E-state index contributed by atoms with van der Waals surface area (Å²) in [7, 11) is 0. The van der Waals surface area contributed by atoms with E-state index >= 15 is 0 Å². The monoisotopic (exact) mass is 301 g/mol. The summed E-state index contributed by atoms with van der Waals surface area (Å²) in [4.78, 5) is 0.598. The summed E-state index contributed by atoms with van der Waals surface area (Å²) in [6.45, 7) is -0.195. The van der Waals surface area contributed by atoms with Gasteiger partial charge in [-0.3, -0.25) is 0 Å². The van der Waals surface area contributed by atoms with Gasteiger partial charge < -0.3 is 5.73 Å². The Morgan fingerprint density at radius 3 is 2.35 bits per heavy atom. The van der Waals surface area contributed by atoms with Crippen LogP contribution in [0, 0.1) is 5.82 Å². The summed E-state index contributed by atoms with van der Waals surface area (Å²) in [5, 5.41) is 0. The molecule has 2 rings (SSSR count). The van der Waals surface area contributed by atoms with Crippen LogP contribution in [0.1, 0.15) is 11.1 Å². The van der Waals surface area contributed by atoms with Gasteiger partial charge in [0, 0.05) is 16.3 Å². The lowest BCUT2D eigenvalue weighted by molar-refractivity contribution is -0.138. The molecule has 0 saturated heterocycles. The van der Waals surface area contributed by atoms with E-state index in [0.29, 0.717) is 4.90 Å². The minimum Gasteiger partial charge on any atom is -0.326 e. The van der Waals surface area contributed by atoms with E-state index in [2.05, 4.69) is 0 Å². The van der Waals surface area contributed by atoms with E-state index in [-0.39, 0.29) is 17.0 Å². The van der Waals surface area contributed by atoms with E-state index in [1.165, 1.54) is 30.3 Å². The van der Waals surface area contributed by atoms with Gasteiger partial charge >= 0.3 is 6.18 Å². The average Bonchev–Trinajstić information content (AvgIpc) is 2.40. The van der Waals surface area contributed by atoms with Gasteiger partial charge in [0.25, 0.3) is 0 Å². The predicted octanol–water partition coefficient (Wildman–Crippen LogP) is 4.45. The molecule has 0 unspecified atom stereocenters. The summed E-state index contributed by atoms with van der Waals surface area (Å²) >= 11 is 0.948. The molecule has 2 aromatic rings. The van der Waals surface area contributed by atoms with Gasteiger partial charge in [0.1, 0.15) is 5.82 Å². The number of hydrogen-bond donors (Lipinski definition) is 1. The van der Waals surface area contributed by atoms with Gasteiger partial charge in [-0.1, -0.05) is 30.0 Å². The Hall–Kier alpha value is -1.53. The number of alkyl halides is 3. The molecule has 0 saturated carbocycles. The maximum absolute atomic E-state index is 13.5. The van der Waals surface area contributed by atoms with Gasteiger partial charge in [-0.25, -0.2) is 4.39 Å². The molecule has 0 fully saturated rings. The second kappa shape index (κ2) is 5.85. The normalized spacial score (nSPS) is 11.7. The molecule has 0 atom stereocenters. The van der Waals surface area contributed by atoms with E-state index in [4.69, 9.17) is 5.73 Å². The largest absolute Gasteiger partial charge is 0.416 e. The standard InChI is InChI=1S/C14H11F4NS/c15-12-3-1-2-4-13(12)20-10-6-5-9(8-19)11(7-10)14(16,17)18/h1-7H,8,19H2. The molecule has 2 aromatic carbocycles. The molecule has 0 radical (unpaired) electrons. The highest BCUT2D eigenvalue weighted by molar-refractivity contribution is 7.99. The van der Waals surface area contributed by atoms with Gasteiger partial charge in [-0.05, 0) is 29.8 Å². The zero-order valence-corrected chi connectivity index (χ0v) is 11.1. The van der Waals surface area contributed by atoms with Crippen molar-refractivity contribution in [1.82, 2.24) is 0 Å². The second-order valence-corrected chi connectivity index (χ2v) is 5.17. The van der Waals surface area contributed by atoms with Crippen LogP contribution in [0.25, 0.3) is 0 Å². The van der Waals surface area contributed by atoms with Gasteiger partial charge in [0.15, 0.2) is 0 Å². The molecule has 0 bridgehead atoms. The van der Waals surface area contributed by atoms with Crippen LogP contribution >= 0.6 is 11.8 Å². The van der Waals surface area contributed by atoms with Crippen LogP contribution in [-0.2, 0) is 12.7 Å². The van der Waals surface area contributed by atoms with Gasteiger partial charge in [0.05, 0.1) is 5.56 Å². The van der Waals surface area contributed by atoms with Crippen LogP contribution in [-0.4, -0.2) is 0 Å². The molecule has 0 aliphatic heterocycles. The smallest absolute Gasteiger partial charge is 0.326 e. The lowest BCUT2D eigenvalue weighted by atomic mass is 10.1. The van der Waals surface area contributed by atoms with Crippen LogP contribution in [0.3, 0.4) is 0 Å². The van der Waals surface area contributed by atoms with Crippen molar-refractivity contribution in [1.29, 1.82) is 0 Å². The van der Waals surface area contributed by atoms with Crippen LogP contribution < -0.4 is 5.73 Å². The maximum atomic E-state index is 13.5. The minimum absolute atomic E-state index is 0.0235. The molecule has 0 aliphatic carbocycles. The highest BCUT2D eigenvalue weighted by atomic mass is 32.2. The fraction of sp³-hybridized carbons (Fsp3) is 0.143. The minimum atomic E-state index is -4.47. The molecule has 1 nitrogen and oxygen atoms in total. The second-order valence-electron chi connectivity index (χ2n) is 4.05. The third-order valence-electron chi connectivity index (χ3n) is 2.67. The van der Waals surface area contributed by atoms with Gasteiger partial charge in [-0.15, -0.1) is 0 Å². The summed E-state index contributed by atoms with van der Waals surface area (Å²) in [5.41, 5.74) is 4.55. The molecule has 0 amide bonds. The molecular formula is C14H11F4NS. The zero-order valence-electron chi connectivity index (χ0n) is 10.2. The highest BCUT2D eigenvalue weighted by Crippen LogP contribution is 2.37. The third-order valence-corrected chi connectivity index (χ3v) is 3.71. The lowest BCUT2D eigenvalue weighted by Gasteiger charge is -2.13. The number of hydrogen-bond acceptors (Lipinski definition) is 2. The van der Waals surface area contributed by atoms with Crippen LogP contribution in [0.2, 0.25) is 0 Å². The van der Waals surface area contributed by atoms with E-state index in [9.17, 15) is 17.6 Å². The van der Waals surface area contributed by atoms with Crippen LogP contribution in [0.4, 0.5) is 17.6 Å².